The molecular formula is C23H19N3O2S2. The number of anilines is 2. The molecule has 0 saturated heterocycles. The van der Waals surface area contributed by atoms with Crippen molar-refractivity contribution >= 4 is 56.5 Å². The van der Waals surface area contributed by atoms with Gasteiger partial charge >= 0.3 is 0 Å². The van der Waals surface area contributed by atoms with Gasteiger partial charge in [0.15, 0.2) is 5.13 Å². The van der Waals surface area contributed by atoms with Crippen LogP contribution in [-0.2, 0) is 10.5 Å². The molecule has 0 unspecified atom stereocenters. The maximum Gasteiger partial charge on any atom is 0.259 e. The molecule has 0 aliphatic carbocycles. The summed E-state index contributed by atoms with van der Waals surface area (Å²) in [4.78, 5) is 29.1. The van der Waals surface area contributed by atoms with Crippen molar-refractivity contribution in [3.63, 3.8) is 0 Å². The van der Waals surface area contributed by atoms with E-state index in [4.69, 9.17) is 0 Å². The fraction of sp³-hybridized carbons (Fsp3) is 0.0870. The minimum absolute atomic E-state index is 0.144. The fourth-order valence-electron chi connectivity index (χ4n) is 3.10. The highest BCUT2D eigenvalue weighted by atomic mass is 32.2. The third-order valence-corrected chi connectivity index (χ3v) is 6.14. The molecule has 0 spiro atoms. The zero-order valence-electron chi connectivity index (χ0n) is 16.0. The summed E-state index contributed by atoms with van der Waals surface area (Å²) in [6, 6.07) is 21.4. The highest BCUT2D eigenvalue weighted by Crippen LogP contribution is 2.23. The quantitative estimate of drug-likeness (QED) is 0.408. The van der Waals surface area contributed by atoms with E-state index in [-0.39, 0.29) is 11.8 Å². The summed E-state index contributed by atoms with van der Waals surface area (Å²) in [6.07, 6.45) is 1.63. The first kappa shape index (κ1) is 20.1. The molecule has 4 rings (SSSR count). The molecule has 0 atom stereocenters. The number of hydrogen-bond donors (Lipinski definition) is 2. The van der Waals surface area contributed by atoms with Crippen LogP contribution in [0.2, 0.25) is 0 Å². The molecule has 4 aromatic rings. The Morgan fingerprint density at radius 2 is 1.73 bits per heavy atom. The van der Waals surface area contributed by atoms with Crippen LogP contribution < -0.4 is 10.6 Å². The Labute approximate surface area is 182 Å². The number of nitrogens with one attached hydrogen (secondary N) is 2. The van der Waals surface area contributed by atoms with Gasteiger partial charge in [-0.2, -0.15) is 0 Å². The van der Waals surface area contributed by atoms with Gasteiger partial charge in [-0.05, 0) is 28.5 Å². The van der Waals surface area contributed by atoms with Crippen molar-refractivity contribution in [2.75, 3.05) is 16.4 Å². The highest BCUT2D eigenvalue weighted by molar-refractivity contribution is 7.99. The van der Waals surface area contributed by atoms with Crippen LogP contribution in [0.5, 0.6) is 0 Å². The Morgan fingerprint density at radius 3 is 2.60 bits per heavy atom. The Bertz CT molecular complexity index is 1170. The van der Waals surface area contributed by atoms with Crippen LogP contribution in [0, 0.1) is 0 Å². The van der Waals surface area contributed by atoms with Crippen LogP contribution in [0.1, 0.15) is 15.9 Å². The lowest BCUT2D eigenvalue weighted by molar-refractivity contribution is -0.113. The lowest BCUT2D eigenvalue weighted by atomic mass is 10.1. The molecule has 3 aromatic carbocycles. The summed E-state index contributed by atoms with van der Waals surface area (Å²) in [5, 5.41) is 10.3. The van der Waals surface area contributed by atoms with Gasteiger partial charge in [-0.15, -0.1) is 23.1 Å². The molecule has 0 fully saturated rings. The van der Waals surface area contributed by atoms with E-state index in [1.54, 1.807) is 47.6 Å². The SMILES string of the molecule is O=C(CSCc1cccc2ccccc12)Nc1ccccc1C(=O)Nc1nccs1. The van der Waals surface area contributed by atoms with Crippen LogP contribution >= 0.6 is 23.1 Å². The predicted molar refractivity (Wildman–Crippen MR) is 125 cm³/mol. The molecule has 0 saturated carbocycles. The molecule has 7 heteroatoms. The van der Waals surface area contributed by atoms with Crippen molar-refractivity contribution in [1.29, 1.82) is 0 Å². The van der Waals surface area contributed by atoms with Gasteiger partial charge in [0, 0.05) is 17.3 Å². The largest absolute Gasteiger partial charge is 0.325 e. The summed E-state index contributed by atoms with van der Waals surface area (Å²) >= 11 is 2.89. The maximum absolute atomic E-state index is 12.5. The van der Waals surface area contributed by atoms with E-state index < -0.39 is 0 Å². The van der Waals surface area contributed by atoms with E-state index in [0.29, 0.717) is 22.1 Å². The second-order valence-electron chi connectivity index (χ2n) is 6.52. The van der Waals surface area contributed by atoms with E-state index in [0.717, 1.165) is 5.75 Å². The average molecular weight is 434 g/mol. The minimum Gasteiger partial charge on any atom is -0.325 e. The molecule has 0 aliphatic heterocycles. The van der Waals surface area contributed by atoms with E-state index in [9.17, 15) is 9.59 Å². The van der Waals surface area contributed by atoms with Gasteiger partial charge in [-0.1, -0.05) is 54.6 Å². The van der Waals surface area contributed by atoms with Gasteiger partial charge < -0.3 is 5.32 Å². The number of aromatic nitrogens is 1. The molecule has 1 heterocycles. The van der Waals surface area contributed by atoms with Crippen LogP contribution in [-0.4, -0.2) is 22.6 Å². The smallest absolute Gasteiger partial charge is 0.259 e. The number of nitrogens with zero attached hydrogens (tertiary/aromatic N) is 1. The third kappa shape index (κ3) is 4.87. The van der Waals surface area contributed by atoms with E-state index >= 15 is 0 Å². The van der Waals surface area contributed by atoms with Gasteiger partial charge in [0.05, 0.1) is 17.0 Å². The minimum atomic E-state index is -0.302. The van der Waals surface area contributed by atoms with Gasteiger partial charge in [0.25, 0.3) is 5.91 Å². The average Bonchev–Trinajstić information content (AvgIpc) is 3.27. The van der Waals surface area contributed by atoms with Crippen molar-refractivity contribution in [2.45, 2.75) is 5.75 Å². The van der Waals surface area contributed by atoms with Crippen LogP contribution in [0.3, 0.4) is 0 Å². The molecule has 5 nitrogen and oxygen atoms in total. The first-order valence-corrected chi connectivity index (χ1v) is 11.4. The number of thioether (sulfide) groups is 1. The van der Waals surface area contributed by atoms with Crippen molar-refractivity contribution < 1.29 is 9.59 Å². The monoisotopic (exact) mass is 433 g/mol. The number of benzene rings is 3. The summed E-state index contributed by atoms with van der Waals surface area (Å²) in [5.74, 6) is 0.589. The molecule has 1 aromatic heterocycles. The Hall–Kier alpha value is -3.16. The fourth-order valence-corrected chi connectivity index (χ4v) is 4.45. The summed E-state index contributed by atoms with van der Waals surface area (Å²) in [7, 11) is 0. The van der Waals surface area contributed by atoms with Crippen LogP contribution in [0.15, 0.2) is 78.3 Å². The van der Waals surface area contributed by atoms with Crippen LogP contribution in [0.4, 0.5) is 10.8 Å². The second-order valence-corrected chi connectivity index (χ2v) is 8.40. The molecular weight excluding hydrogens is 414 g/mol. The third-order valence-electron chi connectivity index (χ3n) is 4.47. The zero-order chi connectivity index (χ0) is 20.8. The van der Waals surface area contributed by atoms with E-state index in [1.807, 2.05) is 18.2 Å². The molecule has 0 radical (unpaired) electrons. The summed E-state index contributed by atoms with van der Waals surface area (Å²) in [5.41, 5.74) is 2.09. The maximum atomic E-state index is 12.5. The predicted octanol–water partition coefficient (Wildman–Crippen LogP) is 5.42. The summed E-state index contributed by atoms with van der Waals surface area (Å²) in [6.45, 7) is 0. The normalized spacial score (nSPS) is 10.7. The molecule has 0 bridgehead atoms. The molecule has 30 heavy (non-hydrogen) atoms. The van der Waals surface area contributed by atoms with Crippen LogP contribution in [0.25, 0.3) is 10.8 Å². The van der Waals surface area contributed by atoms with Crippen molar-refractivity contribution in [1.82, 2.24) is 4.98 Å². The van der Waals surface area contributed by atoms with Crippen molar-refractivity contribution in [3.8, 4) is 0 Å². The number of carbonyl (C=O) groups excluding carboxylic acids is 2. The summed E-state index contributed by atoms with van der Waals surface area (Å²) < 4.78 is 0. The first-order chi connectivity index (χ1) is 14.7. The lowest BCUT2D eigenvalue weighted by Gasteiger charge is -2.11. The molecule has 0 aliphatic rings. The highest BCUT2D eigenvalue weighted by Gasteiger charge is 2.14. The van der Waals surface area contributed by atoms with Gasteiger partial charge in [-0.3, -0.25) is 14.9 Å². The number of para-hydroxylation sites is 1. The van der Waals surface area contributed by atoms with Crippen molar-refractivity contribution in [3.05, 3.63) is 89.4 Å². The second kappa shape index (κ2) is 9.56. The number of amides is 2. The van der Waals surface area contributed by atoms with Gasteiger partial charge in [0.1, 0.15) is 0 Å². The number of fused-ring (bicyclic) bond motifs is 1. The molecule has 2 amide bonds. The number of thiazole rings is 1. The zero-order valence-corrected chi connectivity index (χ0v) is 17.6. The Kier molecular flexibility index (Phi) is 6.41. The number of rotatable bonds is 7. The first-order valence-electron chi connectivity index (χ1n) is 9.35. The van der Waals surface area contributed by atoms with Crippen molar-refractivity contribution in [2.24, 2.45) is 0 Å². The van der Waals surface area contributed by atoms with Gasteiger partial charge in [-0.25, -0.2) is 4.98 Å². The lowest BCUT2D eigenvalue weighted by Crippen LogP contribution is -2.19. The number of carbonyl (C=O) groups is 2. The Morgan fingerprint density at radius 1 is 0.933 bits per heavy atom. The van der Waals surface area contributed by atoms with E-state index in [2.05, 4.69) is 39.9 Å². The molecule has 150 valence electrons. The topological polar surface area (TPSA) is 71.1 Å². The molecule has 2 N–H and O–H groups in total. The number of hydrogen-bond acceptors (Lipinski definition) is 5. The standard InChI is InChI=1S/C23H19N3O2S2/c27-21(15-29-14-17-8-5-7-16-6-1-2-9-18(16)17)25-20-11-4-3-10-19(20)22(28)26-23-24-12-13-30-23/h1-13H,14-15H2,(H,25,27)(H,24,26,28). The Balaban J connectivity index is 1.37. The van der Waals surface area contributed by atoms with E-state index in [1.165, 1.54) is 27.7 Å². The van der Waals surface area contributed by atoms with Gasteiger partial charge in [0.2, 0.25) is 5.91 Å².